The molecule has 0 amide bonds. The molecule has 0 bridgehead atoms. The van der Waals surface area contributed by atoms with Crippen LogP contribution < -0.4 is 5.32 Å². The SMILES string of the molecule is Br.CCCCCCCCCCCCCCSC(=NC)NC. The fraction of sp³-hybridized carbons (Fsp3) is 0.941. The van der Waals surface area contributed by atoms with Crippen LogP contribution in [0.4, 0.5) is 0 Å². The maximum atomic E-state index is 4.17. The highest BCUT2D eigenvalue weighted by Gasteiger charge is 1.96. The second-order valence-corrected chi connectivity index (χ2v) is 6.60. The van der Waals surface area contributed by atoms with Crippen molar-refractivity contribution >= 4 is 33.9 Å². The maximum absolute atomic E-state index is 4.17. The molecule has 0 atom stereocenters. The number of hydrogen-bond donors (Lipinski definition) is 1. The van der Waals surface area contributed by atoms with Crippen molar-refractivity contribution in [3.8, 4) is 0 Å². The summed E-state index contributed by atoms with van der Waals surface area (Å²) in [6.07, 6.45) is 17.0. The zero-order chi connectivity index (χ0) is 14.9. The van der Waals surface area contributed by atoms with Crippen molar-refractivity contribution in [2.45, 2.75) is 84.0 Å². The van der Waals surface area contributed by atoms with Crippen molar-refractivity contribution in [3.05, 3.63) is 0 Å². The summed E-state index contributed by atoms with van der Waals surface area (Å²) in [5.74, 6) is 1.20. The highest BCUT2D eigenvalue weighted by molar-refractivity contribution is 8.93. The number of nitrogens with one attached hydrogen (secondary N) is 1. The number of halogens is 1. The summed E-state index contributed by atoms with van der Waals surface area (Å²) in [5.41, 5.74) is 0. The molecule has 21 heavy (non-hydrogen) atoms. The van der Waals surface area contributed by atoms with Gasteiger partial charge in [0.1, 0.15) is 0 Å². The molecule has 4 heteroatoms. The van der Waals surface area contributed by atoms with Crippen molar-refractivity contribution in [3.63, 3.8) is 0 Å². The lowest BCUT2D eigenvalue weighted by Gasteiger charge is -2.04. The average Bonchev–Trinajstić information content (AvgIpc) is 2.48. The lowest BCUT2D eigenvalue weighted by molar-refractivity contribution is 0.548. The first kappa shape index (κ1) is 23.6. The third kappa shape index (κ3) is 18.3. The molecule has 0 fully saturated rings. The van der Waals surface area contributed by atoms with Gasteiger partial charge in [-0.2, -0.15) is 0 Å². The van der Waals surface area contributed by atoms with Crippen LogP contribution in [-0.2, 0) is 0 Å². The molecule has 0 saturated carbocycles. The summed E-state index contributed by atoms with van der Waals surface area (Å²) in [7, 11) is 3.79. The molecule has 0 aromatic heterocycles. The van der Waals surface area contributed by atoms with Gasteiger partial charge in [-0.3, -0.25) is 4.99 Å². The summed E-state index contributed by atoms with van der Waals surface area (Å²) in [6, 6.07) is 0. The van der Waals surface area contributed by atoms with Gasteiger partial charge in [-0.25, -0.2) is 0 Å². The third-order valence-electron chi connectivity index (χ3n) is 3.65. The van der Waals surface area contributed by atoms with Crippen molar-refractivity contribution in [1.29, 1.82) is 0 Å². The first-order valence-electron chi connectivity index (χ1n) is 8.62. The molecule has 0 aromatic rings. The van der Waals surface area contributed by atoms with E-state index in [1.807, 2.05) is 25.9 Å². The fourth-order valence-electron chi connectivity index (χ4n) is 2.36. The molecule has 128 valence electrons. The van der Waals surface area contributed by atoms with Gasteiger partial charge < -0.3 is 5.32 Å². The minimum absolute atomic E-state index is 0. The molecule has 1 N–H and O–H groups in total. The monoisotopic (exact) mass is 380 g/mol. The number of rotatable bonds is 13. The lowest BCUT2D eigenvalue weighted by atomic mass is 10.1. The molecule has 0 heterocycles. The molecular weight excluding hydrogens is 344 g/mol. The Morgan fingerprint density at radius 3 is 1.62 bits per heavy atom. The predicted molar refractivity (Wildman–Crippen MR) is 106 cm³/mol. The highest BCUT2D eigenvalue weighted by atomic mass is 79.9. The van der Waals surface area contributed by atoms with Gasteiger partial charge in [-0.05, 0) is 6.42 Å². The van der Waals surface area contributed by atoms with Crippen LogP contribution in [0.1, 0.15) is 84.0 Å². The third-order valence-corrected chi connectivity index (χ3v) is 4.81. The van der Waals surface area contributed by atoms with Gasteiger partial charge in [0.25, 0.3) is 0 Å². The molecule has 0 aliphatic heterocycles. The molecule has 0 radical (unpaired) electrons. The smallest absolute Gasteiger partial charge is 0.156 e. The van der Waals surface area contributed by atoms with E-state index in [2.05, 4.69) is 17.2 Å². The van der Waals surface area contributed by atoms with E-state index in [-0.39, 0.29) is 17.0 Å². The predicted octanol–water partition coefficient (Wildman–Crippen LogP) is 6.20. The van der Waals surface area contributed by atoms with Gasteiger partial charge in [0, 0.05) is 19.8 Å². The van der Waals surface area contributed by atoms with Crippen LogP contribution in [0.3, 0.4) is 0 Å². The Bertz CT molecular complexity index is 223. The van der Waals surface area contributed by atoms with E-state index in [4.69, 9.17) is 0 Å². The van der Waals surface area contributed by atoms with Crippen LogP contribution in [0.2, 0.25) is 0 Å². The molecule has 0 rings (SSSR count). The fourth-order valence-corrected chi connectivity index (χ4v) is 3.18. The largest absolute Gasteiger partial charge is 0.368 e. The minimum Gasteiger partial charge on any atom is -0.368 e. The van der Waals surface area contributed by atoms with Gasteiger partial charge in [0.05, 0.1) is 0 Å². The van der Waals surface area contributed by atoms with Gasteiger partial charge in [-0.1, -0.05) is 89.3 Å². The number of unbranched alkanes of at least 4 members (excludes halogenated alkanes) is 11. The van der Waals surface area contributed by atoms with E-state index in [9.17, 15) is 0 Å². The first-order valence-corrected chi connectivity index (χ1v) is 9.61. The van der Waals surface area contributed by atoms with E-state index in [1.165, 1.54) is 82.8 Å². The average molecular weight is 381 g/mol. The van der Waals surface area contributed by atoms with E-state index in [0.29, 0.717) is 0 Å². The van der Waals surface area contributed by atoms with Crippen LogP contribution in [-0.4, -0.2) is 25.0 Å². The number of aliphatic imine (C=N–C) groups is 1. The second-order valence-electron chi connectivity index (χ2n) is 5.52. The summed E-state index contributed by atoms with van der Waals surface area (Å²) in [6.45, 7) is 2.28. The van der Waals surface area contributed by atoms with Gasteiger partial charge >= 0.3 is 0 Å². The molecule has 0 aromatic carbocycles. The van der Waals surface area contributed by atoms with Gasteiger partial charge in [0.15, 0.2) is 5.17 Å². The lowest BCUT2D eigenvalue weighted by Crippen LogP contribution is -2.14. The Kier molecular flexibility index (Phi) is 22.8. The minimum atomic E-state index is 0. The topological polar surface area (TPSA) is 24.4 Å². The molecule has 0 unspecified atom stereocenters. The maximum Gasteiger partial charge on any atom is 0.156 e. The van der Waals surface area contributed by atoms with E-state index < -0.39 is 0 Å². The van der Waals surface area contributed by atoms with Gasteiger partial charge in [0.2, 0.25) is 0 Å². The van der Waals surface area contributed by atoms with E-state index in [1.54, 1.807) is 0 Å². The Labute approximate surface area is 148 Å². The molecule has 0 aliphatic rings. The number of hydrogen-bond acceptors (Lipinski definition) is 2. The Balaban J connectivity index is 0. The van der Waals surface area contributed by atoms with Crippen molar-refractivity contribution < 1.29 is 0 Å². The van der Waals surface area contributed by atoms with Crippen molar-refractivity contribution in [2.75, 3.05) is 19.8 Å². The number of amidine groups is 1. The Morgan fingerprint density at radius 2 is 1.24 bits per heavy atom. The Morgan fingerprint density at radius 1 is 0.810 bits per heavy atom. The first-order chi connectivity index (χ1) is 9.85. The van der Waals surface area contributed by atoms with E-state index in [0.717, 1.165) is 5.17 Å². The molecule has 0 saturated heterocycles. The zero-order valence-corrected chi connectivity index (χ0v) is 17.0. The standard InChI is InChI=1S/C17H36N2S.BrH/c1-4-5-6-7-8-9-10-11-12-13-14-15-16-20-17(18-2)19-3;/h4-16H2,1-3H3,(H,18,19);1H. The quantitative estimate of drug-likeness (QED) is 0.233. The summed E-state index contributed by atoms with van der Waals surface area (Å²) >= 11 is 1.84. The van der Waals surface area contributed by atoms with E-state index >= 15 is 0 Å². The van der Waals surface area contributed by atoms with Crippen molar-refractivity contribution in [2.24, 2.45) is 4.99 Å². The number of nitrogens with zero attached hydrogens (tertiary/aromatic N) is 1. The normalized spacial score (nSPS) is 11.3. The van der Waals surface area contributed by atoms with Crippen LogP contribution in [0.15, 0.2) is 4.99 Å². The summed E-state index contributed by atoms with van der Waals surface area (Å²) in [4.78, 5) is 4.17. The summed E-state index contributed by atoms with van der Waals surface area (Å²) < 4.78 is 0. The van der Waals surface area contributed by atoms with Crippen LogP contribution >= 0.6 is 28.7 Å². The van der Waals surface area contributed by atoms with Crippen molar-refractivity contribution in [1.82, 2.24) is 5.32 Å². The van der Waals surface area contributed by atoms with Crippen LogP contribution in [0.25, 0.3) is 0 Å². The van der Waals surface area contributed by atoms with Crippen LogP contribution in [0, 0.1) is 0 Å². The zero-order valence-electron chi connectivity index (χ0n) is 14.5. The second kappa shape index (κ2) is 20.3. The Hall–Kier alpha value is 0.300. The highest BCUT2D eigenvalue weighted by Crippen LogP contribution is 2.13. The van der Waals surface area contributed by atoms with Gasteiger partial charge in [-0.15, -0.1) is 17.0 Å². The molecule has 0 aliphatic carbocycles. The number of thioether (sulfide) groups is 1. The molecular formula is C17H37BrN2S. The summed E-state index contributed by atoms with van der Waals surface area (Å²) in [5, 5.41) is 4.17. The van der Waals surface area contributed by atoms with Crippen LogP contribution in [0.5, 0.6) is 0 Å². The molecule has 0 spiro atoms. The molecule has 2 nitrogen and oxygen atoms in total.